The maximum absolute atomic E-state index is 12.5. The molecule has 2 nitrogen and oxygen atoms in total. The Bertz CT molecular complexity index is 538. The summed E-state index contributed by atoms with van der Waals surface area (Å²) in [5, 5.41) is 9.82. The molecule has 0 bridgehead atoms. The third-order valence-electron chi connectivity index (χ3n) is 3.95. The molecule has 1 aromatic carbocycles. The quantitative estimate of drug-likeness (QED) is 0.673. The summed E-state index contributed by atoms with van der Waals surface area (Å²) in [6, 6.07) is 9.81. The second-order valence-electron chi connectivity index (χ2n) is 6.25. The lowest BCUT2D eigenvalue weighted by atomic mass is 9.66. The van der Waals surface area contributed by atoms with Crippen LogP contribution in [-0.2, 0) is 4.79 Å². The van der Waals surface area contributed by atoms with Crippen molar-refractivity contribution < 1.29 is 9.90 Å². The molecule has 2 heteroatoms. The van der Waals surface area contributed by atoms with E-state index in [0.717, 1.165) is 11.1 Å². The van der Waals surface area contributed by atoms with Crippen LogP contribution in [0, 0.1) is 11.3 Å². The summed E-state index contributed by atoms with van der Waals surface area (Å²) in [5.41, 5.74) is 1.78. The van der Waals surface area contributed by atoms with Gasteiger partial charge in [-0.25, -0.2) is 0 Å². The van der Waals surface area contributed by atoms with Gasteiger partial charge in [-0.3, -0.25) is 4.79 Å². The summed E-state index contributed by atoms with van der Waals surface area (Å²) >= 11 is 0. The van der Waals surface area contributed by atoms with E-state index in [9.17, 15) is 9.90 Å². The maximum atomic E-state index is 12.5. The smallest absolute Gasteiger partial charge is 0.163 e. The van der Waals surface area contributed by atoms with Gasteiger partial charge in [0.05, 0.1) is 6.10 Å². The summed E-state index contributed by atoms with van der Waals surface area (Å²) in [6.07, 6.45) is 5.52. The Morgan fingerprint density at radius 1 is 1.30 bits per heavy atom. The molecule has 0 radical (unpaired) electrons. The first kappa shape index (κ1) is 14.7. The van der Waals surface area contributed by atoms with Gasteiger partial charge < -0.3 is 5.11 Å². The minimum atomic E-state index is -0.438. The van der Waals surface area contributed by atoms with Crippen LogP contribution in [-0.4, -0.2) is 17.0 Å². The molecule has 2 atom stereocenters. The summed E-state index contributed by atoms with van der Waals surface area (Å²) in [6.45, 7) is 6.03. The first-order valence-electron chi connectivity index (χ1n) is 7.03. The molecule has 0 saturated heterocycles. The number of rotatable bonds is 3. The van der Waals surface area contributed by atoms with Crippen molar-refractivity contribution in [2.45, 2.75) is 33.3 Å². The Morgan fingerprint density at radius 2 is 1.95 bits per heavy atom. The Labute approximate surface area is 120 Å². The van der Waals surface area contributed by atoms with E-state index in [1.165, 1.54) is 0 Å². The van der Waals surface area contributed by atoms with Gasteiger partial charge in [0.15, 0.2) is 5.78 Å². The maximum Gasteiger partial charge on any atom is 0.163 e. The van der Waals surface area contributed by atoms with Gasteiger partial charge in [0.2, 0.25) is 0 Å². The fraction of sp³-hybridized carbons (Fsp3) is 0.389. The molecule has 0 saturated carbocycles. The molecular formula is C18H22O2. The van der Waals surface area contributed by atoms with Crippen LogP contribution in [0.3, 0.4) is 0 Å². The molecule has 106 valence electrons. The Balaban J connectivity index is 2.20. The first-order chi connectivity index (χ1) is 9.40. The van der Waals surface area contributed by atoms with Crippen molar-refractivity contribution in [1.29, 1.82) is 0 Å². The molecule has 0 fully saturated rings. The molecule has 1 aliphatic carbocycles. The van der Waals surface area contributed by atoms with Gasteiger partial charge in [0.25, 0.3) is 0 Å². The zero-order valence-electron chi connectivity index (χ0n) is 12.3. The lowest BCUT2D eigenvalue weighted by Gasteiger charge is -2.38. The predicted octanol–water partition coefficient (Wildman–Crippen LogP) is 3.62. The third-order valence-corrected chi connectivity index (χ3v) is 3.95. The lowest BCUT2D eigenvalue weighted by Crippen LogP contribution is -2.37. The molecule has 0 spiro atoms. The molecule has 1 N–H and O–H groups in total. The number of hydrogen-bond donors (Lipinski definition) is 1. The number of benzene rings is 1. The molecule has 0 aromatic heterocycles. The van der Waals surface area contributed by atoms with Crippen molar-refractivity contribution >= 4 is 11.9 Å². The van der Waals surface area contributed by atoms with Gasteiger partial charge in [0.1, 0.15) is 0 Å². The zero-order chi connectivity index (χ0) is 14.8. The summed E-state index contributed by atoms with van der Waals surface area (Å²) in [5.74, 6) is -0.0367. The number of ketones is 1. The van der Waals surface area contributed by atoms with Crippen LogP contribution in [0.4, 0.5) is 0 Å². The van der Waals surface area contributed by atoms with Crippen molar-refractivity contribution in [3.8, 4) is 0 Å². The Kier molecular flexibility index (Phi) is 4.24. The monoisotopic (exact) mass is 270 g/mol. The number of aliphatic hydroxyl groups is 1. The highest BCUT2D eigenvalue weighted by molar-refractivity contribution is 5.97. The lowest BCUT2D eigenvalue weighted by molar-refractivity contribution is -0.120. The van der Waals surface area contributed by atoms with Gasteiger partial charge in [-0.05, 0) is 30.4 Å². The molecule has 0 amide bonds. The number of carbonyl (C=O) groups is 1. The highest BCUT2D eigenvalue weighted by Crippen LogP contribution is 2.41. The minimum Gasteiger partial charge on any atom is -0.389 e. The van der Waals surface area contributed by atoms with Crippen molar-refractivity contribution in [1.82, 2.24) is 0 Å². The highest BCUT2D eigenvalue weighted by Gasteiger charge is 2.39. The van der Waals surface area contributed by atoms with E-state index in [4.69, 9.17) is 0 Å². The minimum absolute atomic E-state index is 0.111. The number of hydrogen-bond acceptors (Lipinski definition) is 2. The summed E-state index contributed by atoms with van der Waals surface area (Å²) in [7, 11) is 0. The molecule has 2 rings (SSSR count). The molecule has 1 aliphatic rings. The first-order valence-corrected chi connectivity index (χ1v) is 7.03. The molecule has 0 heterocycles. The van der Waals surface area contributed by atoms with Gasteiger partial charge in [0, 0.05) is 5.92 Å². The predicted molar refractivity (Wildman–Crippen MR) is 82.1 cm³/mol. The van der Waals surface area contributed by atoms with Gasteiger partial charge in [-0.1, -0.05) is 61.9 Å². The largest absolute Gasteiger partial charge is 0.389 e. The van der Waals surface area contributed by atoms with Crippen molar-refractivity contribution in [2.75, 3.05) is 0 Å². The van der Waals surface area contributed by atoms with E-state index < -0.39 is 6.10 Å². The van der Waals surface area contributed by atoms with Crippen molar-refractivity contribution in [2.24, 2.45) is 11.3 Å². The standard InChI is InChI=1S/C18H22O2/c1-13-11-15(19)12-18(2,3)17(13)16(20)10-9-14-7-5-4-6-8-14/h4-11,15,17,19H,12H2,1-3H3/b10-9+. The van der Waals surface area contributed by atoms with Gasteiger partial charge >= 0.3 is 0 Å². The second kappa shape index (κ2) is 5.76. The molecular weight excluding hydrogens is 248 g/mol. The summed E-state index contributed by atoms with van der Waals surface area (Å²) in [4.78, 5) is 12.5. The topological polar surface area (TPSA) is 37.3 Å². The van der Waals surface area contributed by atoms with Gasteiger partial charge in [-0.15, -0.1) is 0 Å². The number of allylic oxidation sites excluding steroid dienone is 2. The van der Waals surface area contributed by atoms with Crippen LogP contribution in [0.25, 0.3) is 6.08 Å². The molecule has 20 heavy (non-hydrogen) atoms. The number of aliphatic hydroxyl groups excluding tert-OH is 1. The zero-order valence-corrected chi connectivity index (χ0v) is 12.3. The van der Waals surface area contributed by atoms with E-state index in [2.05, 4.69) is 0 Å². The van der Waals surface area contributed by atoms with Crippen LogP contribution in [0.5, 0.6) is 0 Å². The molecule has 0 aliphatic heterocycles. The third kappa shape index (κ3) is 3.26. The van der Waals surface area contributed by atoms with Crippen LogP contribution < -0.4 is 0 Å². The molecule has 2 unspecified atom stereocenters. The van der Waals surface area contributed by atoms with E-state index in [1.54, 1.807) is 6.08 Å². The number of carbonyl (C=O) groups excluding carboxylic acids is 1. The summed E-state index contributed by atoms with van der Waals surface area (Å²) < 4.78 is 0. The van der Waals surface area contributed by atoms with Crippen molar-refractivity contribution in [3.63, 3.8) is 0 Å². The van der Waals surface area contributed by atoms with E-state index in [0.29, 0.717) is 6.42 Å². The van der Waals surface area contributed by atoms with Crippen LogP contribution in [0.2, 0.25) is 0 Å². The fourth-order valence-electron chi connectivity index (χ4n) is 3.18. The van der Waals surface area contributed by atoms with E-state index >= 15 is 0 Å². The van der Waals surface area contributed by atoms with Gasteiger partial charge in [-0.2, -0.15) is 0 Å². The normalized spacial score (nSPS) is 25.5. The van der Waals surface area contributed by atoms with E-state index in [-0.39, 0.29) is 17.1 Å². The second-order valence-corrected chi connectivity index (χ2v) is 6.25. The van der Waals surface area contributed by atoms with Crippen LogP contribution in [0.15, 0.2) is 48.1 Å². The fourth-order valence-corrected chi connectivity index (χ4v) is 3.18. The van der Waals surface area contributed by atoms with Crippen molar-refractivity contribution in [3.05, 3.63) is 53.6 Å². The Morgan fingerprint density at radius 3 is 2.55 bits per heavy atom. The average molecular weight is 270 g/mol. The average Bonchev–Trinajstić information content (AvgIpc) is 2.35. The SMILES string of the molecule is CC1=CC(O)CC(C)(C)C1C(=O)/C=C/c1ccccc1. The Hall–Kier alpha value is -1.67. The van der Waals surface area contributed by atoms with Crippen LogP contribution in [0.1, 0.15) is 32.8 Å². The molecule has 1 aromatic rings. The van der Waals surface area contributed by atoms with E-state index in [1.807, 2.05) is 63.3 Å². The highest BCUT2D eigenvalue weighted by atomic mass is 16.3. The van der Waals surface area contributed by atoms with Crippen LogP contribution >= 0.6 is 0 Å².